The number of hydrogen-bond donors (Lipinski definition) is 1. The zero-order valence-electron chi connectivity index (χ0n) is 17.1. The molecule has 0 aliphatic carbocycles. The zero-order valence-corrected chi connectivity index (χ0v) is 17.1. The van der Waals surface area contributed by atoms with Crippen molar-refractivity contribution in [1.29, 1.82) is 0 Å². The molecular formula is C21H16F7N3O2. The SMILES string of the molecule is Cc1nn(-c2ccc(OC(F)F)cc2)c(C(F)(F)F)c1C(=O)Nc1cccc(C(C)(F)F)c1. The van der Waals surface area contributed by atoms with Gasteiger partial charge in [-0.1, -0.05) is 12.1 Å². The molecule has 12 heteroatoms. The molecule has 0 spiro atoms. The Balaban J connectivity index is 2.01. The second-order valence-corrected chi connectivity index (χ2v) is 7.01. The average molecular weight is 475 g/mol. The third-order valence-electron chi connectivity index (χ3n) is 4.49. The predicted molar refractivity (Wildman–Crippen MR) is 104 cm³/mol. The molecule has 3 rings (SSSR count). The van der Waals surface area contributed by atoms with Crippen molar-refractivity contribution in [2.45, 2.75) is 32.6 Å². The van der Waals surface area contributed by atoms with E-state index < -0.39 is 41.4 Å². The van der Waals surface area contributed by atoms with E-state index in [1.54, 1.807) is 0 Å². The first-order valence-electron chi connectivity index (χ1n) is 9.29. The lowest BCUT2D eigenvalue weighted by atomic mass is 10.1. The molecule has 2 aromatic carbocycles. The monoisotopic (exact) mass is 475 g/mol. The van der Waals surface area contributed by atoms with Crippen LogP contribution in [0.5, 0.6) is 5.75 Å². The molecule has 0 radical (unpaired) electrons. The molecule has 0 unspecified atom stereocenters. The van der Waals surface area contributed by atoms with Crippen molar-refractivity contribution in [1.82, 2.24) is 9.78 Å². The lowest BCUT2D eigenvalue weighted by Gasteiger charge is -2.14. The summed E-state index contributed by atoms with van der Waals surface area (Å²) < 4.78 is 98.1. The molecule has 1 aromatic heterocycles. The molecule has 0 fully saturated rings. The van der Waals surface area contributed by atoms with Crippen LogP contribution in [0.4, 0.5) is 36.4 Å². The van der Waals surface area contributed by atoms with Crippen molar-refractivity contribution in [2.75, 3.05) is 5.32 Å². The normalized spacial score (nSPS) is 12.2. The summed E-state index contributed by atoms with van der Waals surface area (Å²) in [5.41, 5.74) is -3.26. The Kier molecular flexibility index (Phi) is 6.39. The van der Waals surface area contributed by atoms with E-state index in [0.717, 1.165) is 36.4 Å². The number of nitrogens with one attached hydrogen (secondary N) is 1. The first-order chi connectivity index (χ1) is 15.3. The van der Waals surface area contributed by atoms with Crippen LogP contribution in [0.15, 0.2) is 48.5 Å². The van der Waals surface area contributed by atoms with E-state index in [0.29, 0.717) is 11.6 Å². The van der Waals surface area contributed by atoms with Crippen molar-refractivity contribution >= 4 is 11.6 Å². The maximum absolute atomic E-state index is 13.9. The Morgan fingerprint density at radius 1 is 1.06 bits per heavy atom. The fourth-order valence-corrected chi connectivity index (χ4v) is 3.08. The van der Waals surface area contributed by atoms with E-state index in [9.17, 15) is 35.5 Å². The Labute approximate surface area is 182 Å². The number of nitrogens with zero attached hydrogens (tertiary/aromatic N) is 2. The zero-order chi connectivity index (χ0) is 24.6. The third kappa shape index (κ3) is 5.44. The maximum Gasteiger partial charge on any atom is 0.434 e. The number of hydrogen-bond acceptors (Lipinski definition) is 3. The second kappa shape index (κ2) is 8.75. The molecular weight excluding hydrogens is 459 g/mol. The summed E-state index contributed by atoms with van der Waals surface area (Å²) in [5.74, 6) is -4.71. The van der Waals surface area contributed by atoms with Crippen LogP contribution in [0.2, 0.25) is 0 Å². The Morgan fingerprint density at radius 3 is 2.24 bits per heavy atom. The number of rotatable bonds is 6. The highest BCUT2D eigenvalue weighted by Crippen LogP contribution is 2.36. The molecule has 0 aliphatic heterocycles. The molecule has 0 atom stereocenters. The second-order valence-electron chi connectivity index (χ2n) is 7.01. The number of aryl methyl sites for hydroxylation is 1. The van der Waals surface area contributed by atoms with Crippen molar-refractivity contribution in [3.63, 3.8) is 0 Å². The van der Waals surface area contributed by atoms with E-state index in [4.69, 9.17) is 0 Å². The Bertz CT molecular complexity index is 1150. The number of aromatic nitrogens is 2. The van der Waals surface area contributed by atoms with E-state index in [1.165, 1.54) is 19.1 Å². The van der Waals surface area contributed by atoms with Crippen molar-refractivity contribution in [2.24, 2.45) is 0 Å². The topological polar surface area (TPSA) is 56.2 Å². The minimum atomic E-state index is -5.04. The molecule has 0 saturated heterocycles. The summed E-state index contributed by atoms with van der Waals surface area (Å²) in [7, 11) is 0. The van der Waals surface area contributed by atoms with Gasteiger partial charge in [0.25, 0.3) is 11.8 Å². The molecule has 1 amide bonds. The van der Waals surface area contributed by atoms with Crippen LogP contribution in [-0.4, -0.2) is 22.3 Å². The maximum atomic E-state index is 13.9. The summed E-state index contributed by atoms with van der Waals surface area (Å²) in [6.07, 6.45) is -5.04. The van der Waals surface area contributed by atoms with E-state index >= 15 is 0 Å². The molecule has 176 valence electrons. The van der Waals surface area contributed by atoms with Crippen LogP contribution >= 0.6 is 0 Å². The van der Waals surface area contributed by atoms with Gasteiger partial charge in [0, 0.05) is 18.2 Å². The smallest absolute Gasteiger partial charge is 0.434 e. The molecule has 0 aliphatic rings. The van der Waals surface area contributed by atoms with Crippen molar-refractivity contribution < 1.29 is 40.3 Å². The first kappa shape index (κ1) is 24.1. The Hall–Kier alpha value is -3.57. The molecule has 0 saturated carbocycles. The van der Waals surface area contributed by atoms with Crippen molar-refractivity contribution in [3.8, 4) is 11.4 Å². The number of ether oxygens (including phenoxy) is 1. The van der Waals surface area contributed by atoms with Gasteiger partial charge in [0.05, 0.1) is 16.9 Å². The van der Waals surface area contributed by atoms with Gasteiger partial charge in [0.1, 0.15) is 5.75 Å². The molecule has 1 heterocycles. The van der Waals surface area contributed by atoms with E-state index in [2.05, 4.69) is 15.2 Å². The number of alkyl halides is 7. The van der Waals surface area contributed by atoms with Crippen molar-refractivity contribution in [3.05, 3.63) is 71.0 Å². The highest BCUT2D eigenvalue weighted by molar-refractivity contribution is 6.06. The van der Waals surface area contributed by atoms with Gasteiger partial charge < -0.3 is 10.1 Å². The number of carbonyl (C=O) groups is 1. The molecule has 33 heavy (non-hydrogen) atoms. The molecule has 5 nitrogen and oxygen atoms in total. The summed E-state index contributed by atoms with van der Waals surface area (Å²) >= 11 is 0. The number of anilines is 1. The number of carbonyl (C=O) groups excluding carboxylic acids is 1. The highest BCUT2D eigenvalue weighted by atomic mass is 19.4. The number of halogens is 7. The molecule has 3 aromatic rings. The van der Waals surface area contributed by atoms with Gasteiger partial charge in [-0.15, -0.1) is 0 Å². The van der Waals surface area contributed by atoms with Crippen LogP contribution in [0, 0.1) is 6.92 Å². The fraction of sp³-hybridized carbons (Fsp3) is 0.238. The number of benzene rings is 2. The van der Waals surface area contributed by atoms with Gasteiger partial charge in [0.15, 0.2) is 5.69 Å². The van der Waals surface area contributed by atoms with Crippen LogP contribution in [0.25, 0.3) is 5.69 Å². The summed E-state index contributed by atoms with van der Waals surface area (Å²) in [6.45, 7) is -1.30. The lowest BCUT2D eigenvalue weighted by molar-refractivity contribution is -0.143. The van der Waals surface area contributed by atoms with E-state index in [1.807, 2.05) is 0 Å². The van der Waals surface area contributed by atoms with Gasteiger partial charge in [-0.2, -0.15) is 27.1 Å². The number of amides is 1. The van der Waals surface area contributed by atoms with Gasteiger partial charge in [0.2, 0.25) is 0 Å². The lowest BCUT2D eigenvalue weighted by Crippen LogP contribution is -2.21. The van der Waals surface area contributed by atoms with Crippen LogP contribution in [0.1, 0.15) is 34.2 Å². The van der Waals surface area contributed by atoms with Gasteiger partial charge in [-0.3, -0.25) is 4.79 Å². The molecule has 0 bridgehead atoms. The summed E-state index contributed by atoms with van der Waals surface area (Å²) in [5, 5.41) is 5.97. The standard InChI is InChI=1S/C21H16F7N3O2/c1-11-16(18(32)29-13-5-3-4-12(10-13)20(2,24)25)17(21(26,27)28)31(30-11)14-6-8-15(9-7-14)33-19(22)23/h3-10,19H,1-2H3,(H,29,32). The van der Waals surface area contributed by atoms with Gasteiger partial charge in [-0.25, -0.2) is 13.5 Å². The van der Waals surface area contributed by atoms with E-state index in [-0.39, 0.29) is 22.8 Å². The van der Waals surface area contributed by atoms with Gasteiger partial charge in [-0.05, 0) is 43.3 Å². The average Bonchev–Trinajstić information content (AvgIpc) is 3.05. The molecule has 1 N–H and O–H groups in total. The van der Waals surface area contributed by atoms with Crippen LogP contribution in [-0.2, 0) is 12.1 Å². The highest BCUT2D eigenvalue weighted by Gasteiger charge is 2.42. The Morgan fingerprint density at radius 2 is 1.70 bits per heavy atom. The predicted octanol–water partition coefficient (Wildman–Crippen LogP) is 6.16. The first-order valence-corrected chi connectivity index (χ1v) is 9.29. The minimum Gasteiger partial charge on any atom is -0.435 e. The third-order valence-corrected chi connectivity index (χ3v) is 4.49. The van der Waals surface area contributed by atoms with Gasteiger partial charge >= 0.3 is 12.8 Å². The van der Waals surface area contributed by atoms with Crippen LogP contribution < -0.4 is 10.1 Å². The minimum absolute atomic E-state index is 0.132. The quantitative estimate of drug-likeness (QED) is 0.434. The summed E-state index contributed by atoms with van der Waals surface area (Å²) in [4.78, 5) is 12.7. The summed E-state index contributed by atoms with van der Waals surface area (Å²) in [6, 6.07) is 8.72. The fourth-order valence-electron chi connectivity index (χ4n) is 3.08. The van der Waals surface area contributed by atoms with Crippen LogP contribution in [0.3, 0.4) is 0 Å². The largest absolute Gasteiger partial charge is 0.435 e.